The molecule has 8 heteroatoms. The monoisotopic (exact) mass is 452 g/mol. The molecule has 1 fully saturated rings. The first-order valence-corrected chi connectivity index (χ1v) is 12.8. The summed E-state index contributed by atoms with van der Waals surface area (Å²) in [6.45, 7) is 9.81. The van der Waals surface area contributed by atoms with E-state index in [-0.39, 0.29) is 34.8 Å². The van der Waals surface area contributed by atoms with Gasteiger partial charge in [0.1, 0.15) is 5.75 Å². The van der Waals surface area contributed by atoms with Crippen molar-refractivity contribution in [3.05, 3.63) is 29.8 Å². The maximum atomic E-state index is 12.6. The van der Waals surface area contributed by atoms with E-state index in [1.54, 1.807) is 4.90 Å². The SMILES string of the molecule is C[C@@H](CS(=O)(=O)CCCCCN1CCC(=O)NC1=O)c1cccc(OCC(C)(C)C)c1. The van der Waals surface area contributed by atoms with E-state index in [0.717, 1.165) is 24.2 Å². The van der Waals surface area contributed by atoms with Crippen molar-refractivity contribution in [1.29, 1.82) is 0 Å². The van der Waals surface area contributed by atoms with Gasteiger partial charge in [-0.3, -0.25) is 10.1 Å². The zero-order valence-corrected chi connectivity index (χ0v) is 20.0. The molecule has 31 heavy (non-hydrogen) atoms. The fraction of sp³-hybridized carbons (Fsp3) is 0.652. The van der Waals surface area contributed by atoms with E-state index in [1.165, 1.54) is 0 Å². The molecular weight excluding hydrogens is 416 g/mol. The van der Waals surface area contributed by atoms with Crippen LogP contribution >= 0.6 is 0 Å². The first-order valence-electron chi connectivity index (χ1n) is 11.0. The van der Waals surface area contributed by atoms with Crippen molar-refractivity contribution in [1.82, 2.24) is 10.2 Å². The maximum absolute atomic E-state index is 12.6. The second-order valence-electron chi connectivity index (χ2n) is 9.59. The van der Waals surface area contributed by atoms with Crippen LogP contribution in [0.4, 0.5) is 4.79 Å². The highest BCUT2D eigenvalue weighted by molar-refractivity contribution is 7.91. The molecule has 1 atom stereocenters. The lowest BCUT2D eigenvalue weighted by Crippen LogP contribution is -2.49. The molecule has 1 N–H and O–H groups in total. The number of carbonyl (C=O) groups is 2. The van der Waals surface area contributed by atoms with Gasteiger partial charge in [-0.1, -0.05) is 46.2 Å². The minimum absolute atomic E-state index is 0.0557. The molecule has 1 aliphatic heterocycles. The summed E-state index contributed by atoms with van der Waals surface area (Å²) < 4.78 is 31.0. The van der Waals surface area contributed by atoms with Gasteiger partial charge in [-0.15, -0.1) is 0 Å². The molecular formula is C23H36N2O5S. The van der Waals surface area contributed by atoms with Crippen molar-refractivity contribution in [2.24, 2.45) is 5.41 Å². The van der Waals surface area contributed by atoms with Crippen LogP contribution in [-0.4, -0.2) is 56.5 Å². The van der Waals surface area contributed by atoms with Gasteiger partial charge in [0.15, 0.2) is 9.84 Å². The fourth-order valence-electron chi connectivity index (χ4n) is 3.38. The van der Waals surface area contributed by atoms with Crippen molar-refractivity contribution >= 4 is 21.8 Å². The molecule has 1 saturated heterocycles. The van der Waals surface area contributed by atoms with E-state index in [1.807, 2.05) is 31.2 Å². The summed E-state index contributed by atoms with van der Waals surface area (Å²) in [5, 5.41) is 2.29. The number of sulfone groups is 1. The minimum Gasteiger partial charge on any atom is -0.493 e. The van der Waals surface area contributed by atoms with Crippen molar-refractivity contribution < 1.29 is 22.7 Å². The largest absolute Gasteiger partial charge is 0.493 e. The van der Waals surface area contributed by atoms with Crippen LogP contribution in [0.5, 0.6) is 5.75 Å². The third-order valence-electron chi connectivity index (χ3n) is 5.13. The number of nitrogens with one attached hydrogen (secondary N) is 1. The fourth-order valence-corrected chi connectivity index (χ4v) is 5.15. The van der Waals surface area contributed by atoms with Gasteiger partial charge in [-0.2, -0.15) is 0 Å². The van der Waals surface area contributed by atoms with Gasteiger partial charge in [0.05, 0.1) is 18.1 Å². The number of urea groups is 1. The Hall–Kier alpha value is -2.09. The van der Waals surface area contributed by atoms with Gasteiger partial charge in [-0.25, -0.2) is 13.2 Å². The molecule has 0 bridgehead atoms. The molecule has 0 spiro atoms. The minimum atomic E-state index is -3.18. The molecule has 1 aliphatic rings. The number of nitrogens with zero attached hydrogens (tertiary/aromatic N) is 1. The van der Waals surface area contributed by atoms with Gasteiger partial charge in [-0.05, 0) is 41.9 Å². The first-order chi connectivity index (χ1) is 14.5. The molecule has 0 aromatic heterocycles. The average molecular weight is 453 g/mol. The zero-order valence-electron chi connectivity index (χ0n) is 19.1. The molecule has 7 nitrogen and oxygen atoms in total. The first kappa shape index (κ1) is 25.2. The predicted molar refractivity (Wildman–Crippen MR) is 122 cm³/mol. The van der Waals surface area contributed by atoms with E-state index in [2.05, 4.69) is 26.1 Å². The normalized spacial score (nSPS) is 16.2. The zero-order chi connectivity index (χ0) is 23.1. The molecule has 2 rings (SSSR count). The highest BCUT2D eigenvalue weighted by Crippen LogP contribution is 2.24. The van der Waals surface area contributed by atoms with Gasteiger partial charge >= 0.3 is 6.03 Å². The number of carbonyl (C=O) groups excluding carboxylic acids is 2. The Bertz CT molecular complexity index is 861. The van der Waals surface area contributed by atoms with Crippen molar-refractivity contribution in [2.45, 2.75) is 59.3 Å². The quantitative estimate of drug-likeness (QED) is 0.516. The van der Waals surface area contributed by atoms with E-state index in [9.17, 15) is 18.0 Å². The summed E-state index contributed by atoms with van der Waals surface area (Å²) in [6, 6.07) is 7.32. The highest BCUT2D eigenvalue weighted by Gasteiger charge is 2.22. The van der Waals surface area contributed by atoms with E-state index >= 15 is 0 Å². The summed E-state index contributed by atoms with van der Waals surface area (Å²) >= 11 is 0. The number of hydrogen-bond donors (Lipinski definition) is 1. The number of ether oxygens (including phenoxy) is 1. The molecule has 0 unspecified atom stereocenters. The van der Waals surface area contributed by atoms with Crippen LogP contribution in [-0.2, 0) is 14.6 Å². The van der Waals surface area contributed by atoms with Crippen LogP contribution in [0.25, 0.3) is 0 Å². The van der Waals surface area contributed by atoms with Crippen molar-refractivity contribution in [3.8, 4) is 5.75 Å². The van der Waals surface area contributed by atoms with Crippen molar-refractivity contribution in [2.75, 3.05) is 31.2 Å². The molecule has 3 amide bonds. The number of benzene rings is 1. The van der Waals surface area contributed by atoms with E-state index in [4.69, 9.17) is 4.74 Å². The smallest absolute Gasteiger partial charge is 0.324 e. The van der Waals surface area contributed by atoms with Gasteiger partial charge in [0.2, 0.25) is 5.91 Å². The number of rotatable bonds is 11. The lowest BCUT2D eigenvalue weighted by atomic mass is 9.98. The van der Waals surface area contributed by atoms with Crippen LogP contribution in [0.2, 0.25) is 0 Å². The van der Waals surface area contributed by atoms with Crippen molar-refractivity contribution in [3.63, 3.8) is 0 Å². The predicted octanol–water partition coefficient (Wildman–Crippen LogP) is 3.74. The molecule has 1 aromatic rings. The molecule has 0 radical (unpaired) electrons. The average Bonchev–Trinajstić information content (AvgIpc) is 2.67. The summed E-state index contributed by atoms with van der Waals surface area (Å²) in [7, 11) is -3.18. The lowest BCUT2D eigenvalue weighted by Gasteiger charge is -2.26. The summed E-state index contributed by atoms with van der Waals surface area (Å²) in [4.78, 5) is 24.4. The Kier molecular flexibility index (Phi) is 8.91. The molecule has 0 aliphatic carbocycles. The van der Waals surface area contributed by atoms with Crippen LogP contribution in [0, 0.1) is 5.41 Å². The highest BCUT2D eigenvalue weighted by atomic mass is 32.2. The Morgan fingerprint density at radius 2 is 1.90 bits per heavy atom. The van der Waals surface area contributed by atoms with E-state index in [0.29, 0.717) is 32.5 Å². The maximum Gasteiger partial charge on any atom is 0.324 e. The molecule has 0 saturated carbocycles. The number of imide groups is 1. The second kappa shape index (κ2) is 11.0. The van der Waals surface area contributed by atoms with E-state index < -0.39 is 9.84 Å². The third-order valence-corrected chi connectivity index (χ3v) is 7.05. The third kappa shape index (κ3) is 9.29. The Morgan fingerprint density at radius 1 is 1.16 bits per heavy atom. The summed E-state index contributed by atoms with van der Waals surface area (Å²) in [5.41, 5.74) is 1.01. The lowest BCUT2D eigenvalue weighted by molar-refractivity contribution is -0.121. The second-order valence-corrected chi connectivity index (χ2v) is 11.8. The molecule has 1 heterocycles. The van der Waals surface area contributed by atoms with Gasteiger partial charge in [0, 0.05) is 19.5 Å². The standard InChI is InChI=1S/C23H36N2O5S/c1-18(19-9-8-10-20(15-19)30-17-23(2,3)4)16-31(28,29)14-7-5-6-12-25-13-11-21(26)24-22(25)27/h8-10,15,18H,5-7,11-14,16-17H2,1-4H3,(H,24,26,27)/t18-/m0/s1. The Balaban J connectivity index is 1.75. The number of hydrogen-bond acceptors (Lipinski definition) is 5. The van der Waals surface area contributed by atoms with Gasteiger partial charge in [0.25, 0.3) is 0 Å². The number of amides is 3. The molecule has 1 aromatic carbocycles. The van der Waals surface area contributed by atoms with Crippen LogP contribution in [0.1, 0.15) is 64.9 Å². The van der Waals surface area contributed by atoms with Crippen LogP contribution in [0.15, 0.2) is 24.3 Å². The van der Waals surface area contributed by atoms with Gasteiger partial charge < -0.3 is 9.64 Å². The topological polar surface area (TPSA) is 92.8 Å². The Morgan fingerprint density at radius 3 is 2.58 bits per heavy atom. The molecule has 174 valence electrons. The summed E-state index contributed by atoms with van der Waals surface area (Å²) in [6.07, 6.45) is 2.33. The summed E-state index contributed by atoms with van der Waals surface area (Å²) in [5.74, 6) is 0.653. The number of unbranched alkanes of at least 4 members (excludes halogenated alkanes) is 2. The van der Waals surface area contributed by atoms with Crippen LogP contribution < -0.4 is 10.1 Å². The van der Waals surface area contributed by atoms with Crippen LogP contribution in [0.3, 0.4) is 0 Å². The Labute approximate surface area is 186 Å².